The molecule has 0 atom stereocenters. The Labute approximate surface area is 124 Å². The number of aromatic nitrogens is 2. The normalized spacial score (nSPS) is 11.3. The SMILES string of the molecule is CC(C)c1nc(-c2cccc(C(F)F)c2)nc(N)c1Br. The van der Waals surface area contributed by atoms with Crippen molar-refractivity contribution in [2.45, 2.75) is 26.2 Å². The van der Waals surface area contributed by atoms with Crippen LogP contribution in [0.5, 0.6) is 0 Å². The van der Waals surface area contributed by atoms with Crippen LogP contribution in [-0.2, 0) is 0 Å². The molecule has 1 heterocycles. The molecule has 2 rings (SSSR count). The van der Waals surface area contributed by atoms with Gasteiger partial charge in [0.05, 0.1) is 10.2 Å². The third-order valence-electron chi connectivity index (χ3n) is 2.85. The molecule has 0 saturated heterocycles. The smallest absolute Gasteiger partial charge is 0.263 e. The van der Waals surface area contributed by atoms with E-state index in [0.29, 0.717) is 21.7 Å². The van der Waals surface area contributed by atoms with E-state index in [4.69, 9.17) is 5.73 Å². The summed E-state index contributed by atoms with van der Waals surface area (Å²) in [6.07, 6.45) is -2.52. The Hall–Kier alpha value is -1.56. The number of alkyl halides is 2. The number of benzene rings is 1. The second-order valence-electron chi connectivity index (χ2n) is 4.71. The number of halogens is 3. The largest absolute Gasteiger partial charge is 0.383 e. The summed E-state index contributed by atoms with van der Waals surface area (Å²) < 4.78 is 26.1. The number of nitrogens with two attached hydrogens (primary N) is 1. The molecule has 3 nitrogen and oxygen atoms in total. The van der Waals surface area contributed by atoms with Crippen molar-refractivity contribution in [2.24, 2.45) is 0 Å². The molecule has 6 heteroatoms. The van der Waals surface area contributed by atoms with Crippen molar-refractivity contribution >= 4 is 21.7 Å². The zero-order valence-corrected chi connectivity index (χ0v) is 12.7. The minimum atomic E-state index is -2.52. The van der Waals surface area contributed by atoms with Crippen LogP contribution in [0.25, 0.3) is 11.4 Å². The third kappa shape index (κ3) is 2.95. The quantitative estimate of drug-likeness (QED) is 0.890. The molecule has 1 aromatic heterocycles. The fraction of sp³-hybridized carbons (Fsp3) is 0.286. The van der Waals surface area contributed by atoms with Crippen LogP contribution in [0, 0.1) is 0 Å². The first-order chi connectivity index (χ1) is 9.40. The topological polar surface area (TPSA) is 51.8 Å². The third-order valence-corrected chi connectivity index (χ3v) is 3.66. The van der Waals surface area contributed by atoms with Gasteiger partial charge >= 0.3 is 0 Å². The molecular weight excluding hydrogens is 328 g/mol. The molecule has 0 radical (unpaired) electrons. The monoisotopic (exact) mass is 341 g/mol. The summed E-state index contributed by atoms with van der Waals surface area (Å²) in [6.45, 7) is 3.96. The van der Waals surface area contributed by atoms with E-state index in [9.17, 15) is 8.78 Å². The molecule has 1 aromatic carbocycles. The van der Waals surface area contributed by atoms with Crippen LogP contribution in [-0.4, -0.2) is 9.97 Å². The molecule has 0 spiro atoms. The fourth-order valence-corrected chi connectivity index (χ4v) is 2.44. The van der Waals surface area contributed by atoms with Crippen molar-refractivity contribution in [3.05, 3.63) is 40.0 Å². The zero-order chi connectivity index (χ0) is 14.9. The van der Waals surface area contributed by atoms with Crippen LogP contribution in [0.15, 0.2) is 28.7 Å². The van der Waals surface area contributed by atoms with E-state index < -0.39 is 6.43 Å². The van der Waals surface area contributed by atoms with Crippen molar-refractivity contribution in [1.82, 2.24) is 9.97 Å². The zero-order valence-electron chi connectivity index (χ0n) is 11.1. The average molecular weight is 342 g/mol. The summed E-state index contributed by atoms with van der Waals surface area (Å²) in [5, 5.41) is 0. The Morgan fingerprint density at radius 2 is 1.90 bits per heavy atom. The van der Waals surface area contributed by atoms with Gasteiger partial charge in [-0.05, 0) is 27.9 Å². The highest BCUT2D eigenvalue weighted by Gasteiger charge is 2.15. The van der Waals surface area contributed by atoms with Crippen molar-refractivity contribution in [3.8, 4) is 11.4 Å². The highest BCUT2D eigenvalue weighted by atomic mass is 79.9. The molecule has 0 aliphatic carbocycles. The molecule has 20 heavy (non-hydrogen) atoms. The molecule has 106 valence electrons. The van der Waals surface area contributed by atoms with Gasteiger partial charge in [-0.15, -0.1) is 0 Å². The Kier molecular flexibility index (Phi) is 4.32. The van der Waals surface area contributed by atoms with Gasteiger partial charge in [0, 0.05) is 11.1 Å². The lowest BCUT2D eigenvalue weighted by molar-refractivity contribution is 0.151. The van der Waals surface area contributed by atoms with Crippen LogP contribution in [0.1, 0.15) is 37.4 Å². The van der Waals surface area contributed by atoms with Crippen molar-refractivity contribution < 1.29 is 8.78 Å². The summed E-state index contributed by atoms with van der Waals surface area (Å²) in [4.78, 5) is 8.58. The predicted molar refractivity (Wildman–Crippen MR) is 78.6 cm³/mol. The van der Waals surface area contributed by atoms with Crippen LogP contribution < -0.4 is 5.73 Å². The van der Waals surface area contributed by atoms with E-state index in [1.165, 1.54) is 12.1 Å². The number of hydrogen-bond donors (Lipinski definition) is 1. The molecule has 0 amide bonds. The van der Waals surface area contributed by atoms with Crippen LogP contribution in [0.2, 0.25) is 0 Å². The number of hydrogen-bond acceptors (Lipinski definition) is 3. The van der Waals surface area contributed by atoms with Gasteiger partial charge in [0.15, 0.2) is 5.82 Å². The molecule has 0 unspecified atom stereocenters. The number of nitrogens with zero attached hydrogens (tertiary/aromatic N) is 2. The van der Waals surface area contributed by atoms with Crippen LogP contribution >= 0.6 is 15.9 Å². The highest BCUT2D eigenvalue weighted by Crippen LogP contribution is 2.30. The lowest BCUT2D eigenvalue weighted by atomic mass is 10.1. The van der Waals surface area contributed by atoms with Gasteiger partial charge in [-0.2, -0.15) is 0 Å². The number of rotatable bonds is 3. The van der Waals surface area contributed by atoms with Gasteiger partial charge in [0.2, 0.25) is 0 Å². The van der Waals surface area contributed by atoms with Gasteiger partial charge < -0.3 is 5.73 Å². The molecule has 2 N–H and O–H groups in total. The van der Waals surface area contributed by atoms with E-state index in [2.05, 4.69) is 25.9 Å². The molecular formula is C14H14BrF2N3. The molecule has 0 aliphatic rings. The molecule has 0 bridgehead atoms. The van der Waals surface area contributed by atoms with Gasteiger partial charge in [0.25, 0.3) is 6.43 Å². The van der Waals surface area contributed by atoms with Gasteiger partial charge in [-0.25, -0.2) is 18.7 Å². The van der Waals surface area contributed by atoms with E-state index in [1.54, 1.807) is 12.1 Å². The first-order valence-electron chi connectivity index (χ1n) is 6.11. The minimum Gasteiger partial charge on any atom is -0.383 e. The summed E-state index contributed by atoms with van der Waals surface area (Å²) in [5.74, 6) is 0.810. The fourth-order valence-electron chi connectivity index (χ4n) is 1.81. The van der Waals surface area contributed by atoms with Gasteiger partial charge in [-0.3, -0.25) is 0 Å². The maximum atomic E-state index is 12.7. The first kappa shape index (κ1) is 14.8. The lowest BCUT2D eigenvalue weighted by Crippen LogP contribution is -2.04. The number of anilines is 1. The van der Waals surface area contributed by atoms with Crippen molar-refractivity contribution in [3.63, 3.8) is 0 Å². The first-order valence-corrected chi connectivity index (χ1v) is 6.90. The van der Waals surface area contributed by atoms with E-state index in [1.807, 2.05) is 13.8 Å². The summed E-state index contributed by atoms with van der Waals surface area (Å²) in [7, 11) is 0. The van der Waals surface area contributed by atoms with Gasteiger partial charge in [0.1, 0.15) is 5.82 Å². The second-order valence-corrected chi connectivity index (χ2v) is 5.51. The molecule has 2 aromatic rings. The number of nitrogen functional groups attached to an aromatic ring is 1. The molecule has 0 saturated carbocycles. The Morgan fingerprint density at radius 1 is 1.20 bits per heavy atom. The Morgan fingerprint density at radius 3 is 2.50 bits per heavy atom. The standard InChI is InChI=1S/C14H14BrF2N3/c1-7(2)11-10(15)13(18)20-14(19-11)9-5-3-4-8(6-9)12(16)17/h3-7,12H,1-2H3,(H2,18,19,20). The van der Waals surface area contributed by atoms with E-state index in [-0.39, 0.29) is 11.5 Å². The van der Waals surface area contributed by atoms with E-state index in [0.717, 1.165) is 5.69 Å². The summed E-state index contributed by atoms with van der Waals surface area (Å²) >= 11 is 3.36. The predicted octanol–water partition coefficient (Wildman–Crippen LogP) is 4.55. The Balaban J connectivity index is 2.55. The lowest BCUT2D eigenvalue weighted by Gasteiger charge is -2.12. The summed E-state index contributed by atoms with van der Waals surface area (Å²) in [6, 6.07) is 6.02. The van der Waals surface area contributed by atoms with Crippen molar-refractivity contribution in [1.29, 1.82) is 0 Å². The second kappa shape index (κ2) is 5.83. The minimum absolute atomic E-state index is 0.0568. The molecule has 0 fully saturated rings. The summed E-state index contributed by atoms with van der Waals surface area (Å²) in [5.41, 5.74) is 7.08. The van der Waals surface area contributed by atoms with Gasteiger partial charge in [-0.1, -0.05) is 32.0 Å². The maximum absolute atomic E-state index is 12.7. The van der Waals surface area contributed by atoms with Crippen LogP contribution in [0.4, 0.5) is 14.6 Å². The highest BCUT2D eigenvalue weighted by molar-refractivity contribution is 9.10. The van der Waals surface area contributed by atoms with Crippen molar-refractivity contribution in [2.75, 3.05) is 5.73 Å². The van der Waals surface area contributed by atoms with E-state index >= 15 is 0 Å². The van der Waals surface area contributed by atoms with Crippen LogP contribution in [0.3, 0.4) is 0 Å². The average Bonchev–Trinajstić information content (AvgIpc) is 2.41. The maximum Gasteiger partial charge on any atom is 0.263 e. The Bertz CT molecular complexity index is 630. The molecule has 0 aliphatic heterocycles.